The van der Waals surface area contributed by atoms with Gasteiger partial charge in [0.25, 0.3) is 0 Å². The number of fused-ring (bicyclic) bond motifs is 2. The van der Waals surface area contributed by atoms with Crippen molar-refractivity contribution in [1.82, 2.24) is 14.7 Å². The Balaban J connectivity index is 1.52. The van der Waals surface area contributed by atoms with Gasteiger partial charge in [-0.2, -0.15) is 5.10 Å². The van der Waals surface area contributed by atoms with Crippen LogP contribution in [0.2, 0.25) is 0 Å². The first kappa shape index (κ1) is 15.4. The maximum Gasteiger partial charge on any atom is 0.227 e. The monoisotopic (exact) mass is 325 g/mol. The highest BCUT2D eigenvalue weighted by Gasteiger charge is 2.46. The molecular weight excluding hydrogens is 302 g/mol. The van der Waals surface area contributed by atoms with E-state index >= 15 is 0 Å². The Morgan fingerprint density at radius 2 is 2.12 bits per heavy atom. The fourth-order valence-electron chi connectivity index (χ4n) is 4.05. The van der Waals surface area contributed by atoms with Crippen LogP contribution < -0.4 is 0 Å². The van der Waals surface area contributed by atoms with Crippen molar-refractivity contribution in [2.75, 3.05) is 13.1 Å². The SMILES string of the molecule is Cc1nn(C)c(C)c1CC(=O)N1CCC2(C1)OCc1ccccc12. The summed E-state index contributed by atoms with van der Waals surface area (Å²) in [6.07, 6.45) is 1.30. The van der Waals surface area contributed by atoms with E-state index in [9.17, 15) is 4.79 Å². The molecule has 1 aromatic heterocycles. The Morgan fingerprint density at radius 1 is 1.33 bits per heavy atom. The average molecular weight is 325 g/mol. The maximum absolute atomic E-state index is 12.8. The number of amides is 1. The highest BCUT2D eigenvalue weighted by molar-refractivity contribution is 5.80. The first-order valence-electron chi connectivity index (χ1n) is 8.49. The molecule has 0 saturated carbocycles. The molecule has 3 heterocycles. The largest absolute Gasteiger partial charge is 0.364 e. The zero-order valence-electron chi connectivity index (χ0n) is 14.5. The van der Waals surface area contributed by atoms with E-state index in [0.29, 0.717) is 19.6 Å². The summed E-state index contributed by atoms with van der Waals surface area (Å²) in [5.74, 6) is 0.166. The quantitative estimate of drug-likeness (QED) is 0.851. The standard InChI is InChI=1S/C19H23N3O2/c1-13-16(14(2)21(3)20-13)10-18(23)22-9-8-19(12-22)17-7-5-4-6-15(17)11-24-19/h4-7H,8-12H2,1-3H3. The van der Waals surface area contributed by atoms with Crippen LogP contribution >= 0.6 is 0 Å². The normalized spacial score (nSPS) is 22.4. The number of ether oxygens (including phenoxy) is 1. The molecule has 2 aromatic rings. The van der Waals surface area contributed by atoms with Gasteiger partial charge in [-0.05, 0) is 31.4 Å². The summed E-state index contributed by atoms with van der Waals surface area (Å²) < 4.78 is 7.99. The van der Waals surface area contributed by atoms with E-state index in [1.807, 2.05) is 36.5 Å². The molecule has 1 aromatic carbocycles. The lowest BCUT2D eigenvalue weighted by Crippen LogP contribution is -2.35. The number of aryl methyl sites for hydroxylation is 2. The molecule has 0 aliphatic carbocycles. The number of aromatic nitrogens is 2. The predicted octanol–water partition coefficient (Wildman–Crippen LogP) is 2.24. The fraction of sp³-hybridized carbons (Fsp3) is 0.474. The Hall–Kier alpha value is -2.14. The highest BCUT2D eigenvalue weighted by Crippen LogP contribution is 2.43. The number of benzene rings is 1. The van der Waals surface area contributed by atoms with Gasteiger partial charge in [0.15, 0.2) is 0 Å². The second-order valence-corrected chi connectivity index (χ2v) is 6.96. The molecule has 4 rings (SSSR count). The Labute approximate surface area is 142 Å². The van der Waals surface area contributed by atoms with Gasteiger partial charge in [0, 0.05) is 24.8 Å². The van der Waals surface area contributed by atoms with E-state index in [1.54, 1.807) is 0 Å². The lowest BCUT2D eigenvalue weighted by Gasteiger charge is -2.25. The first-order chi connectivity index (χ1) is 11.5. The van der Waals surface area contributed by atoms with Gasteiger partial charge in [-0.1, -0.05) is 24.3 Å². The summed E-state index contributed by atoms with van der Waals surface area (Å²) in [6.45, 7) is 6.05. The third kappa shape index (κ3) is 2.26. The lowest BCUT2D eigenvalue weighted by molar-refractivity contribution is -0.131. The first-order valence-corrected chi connectivity index (χ1v) is 8.49. The molecule has 0 radical (unpaired) electrons. The molecule has 1 fully saturated rings. The zero-order valence-corrected chi connectivity index (χ0v) is 14.5. The number of nitrogens with zero attached hydrogens (tertiary/aromatic N) is 3. The van der Waals surface area contributed by atoms with Crippen molar-refractivity contribution in [3.05, 3.63) is 52.3 Å². The van der Waals surface area contributed by atoms with Crippen LogP contribution in [-0.2, 0) is 35.2 Å². The third-order valence-electron chi connectivity index (χ3n) is 5.58. The van der Waals surface area contributed by atoms with Crippen LogP contribution in [0, 0.1) is 13.8 Å². The van der Waals surface area contributed by atoms with E-state index in [2.05, 4.69) is 23.3 Å². The number of hydrogen-bond donors (Lipinski definition) is 0. The summed E-state index contributed by atoms with van der Waals surface area (Å²) in [6, 6.07) is 8.37. The number of likely N-dealkylation sites (tertiary alicyclic amines) is 1. The van der Waals surface area contributed by atoms with E-state index in [1.165, 1.54) is 11.1 Å². The second-order valence-electron chi connectivity index (χ2n) is 6.96. The van der Waals surface area contributed by atoms with Crippen molar-refractivity contribution in [2.45, 2.75) is 38.9 Å². The molecule has 5 nitrogen and oxygen atoms in total. The van der Waals surface area contributed by atoms with Crippen LogP contribution in [0.5, 0.6) is 0 Å². The molecule has 5 heteroatoms. The van der Waals surface area contributed by atoms with E-state index in [4.69, 9.17) is 4.74 Å². The minimum atomic E-state index is -0.300. The van der Waals surface area contributed by atoms with Crippen LogP contribution in [0.4, 0.5) is 0 Å². The number of carbonyl (C=O) groups is 1. The third-order valence-corrected chi connectivity index (χ3v) is 5.58. The van der Waals surface area contributed by atoms with Crippen LogP contribution in [0.1, 0.15) is 34.5 Å². The van der Waals surface area contributed by atoms with Gasteiger partial charge >= 0.3 is 0 Å². The molecule has 1 saturated heterocycles. The van der Waals surface area contributed by atoms with Gasteiger partial charge in [-0.25, -0.2) is 0 Å². The molecular formula is C19H23N3O2. The topological polar surface area (TPSA) is 47.4 Å². The van der Waals surface area contributed by atoms with Crippen molar-refractivity contribution in [3.8, 4) is 0 Å². The zero-order chi connectivity index (χ0) is 16.9. The van der Waals surface area contributed by atoms with Gasteiger partial charge in [0.05, 0.1) is 25.3 Å². The van der Waals surface area contributed by atoms with E-state index < -0.39 is 0 Å². The van der Waals surface area contributed by atoms with E-state index in [-0.39, 0.29) is 11.5 Å². The number of hydrogen-bond acceptors (Lipinski definition) is 3. The molecule has 0 N–H and O–H groups in total. The van der Waals surface area contributed by atoms with Crippen molar-refractivity contribution >= 4 is 5.91 Å². The molecule has 1 unspecified atom stereocenters. The van der Waals surface area contributed by atoms with Crippen LogP contribution in [0.25, 0.3) is 0 Å². The molecule has 1 spiro atoms. The summed E-state index contributed by atoms with van der Waals surface area (Å²) >= 11 is 0. The van der Waals surface area contributed by atoms with Crippen molar-refractivity contribution in [3.63, 3.8) is 0 Å². The van der Waals surface area contributed by atoms with Crippen LogP contribution in [0.3, 0.4) is 0 Å². The van der Waals surface area contributed by atoms with Gasteiger partial charge < -0.3 is 9.64 Å². The molecule has 24 heavy (non-hydrogen) atoms. The summed E-state index contributed by atoms with van der Waals surface area (Å²) in [5, 5.41) is 4.41. The van der Waals surface area contributed by atoms with Crippen LogP contribution in [-0.4, -0.2) is 33.7 Å². The van der Waals surface area contributed by atoms with Gasteiger partial charge in [-0.3, -0.25) is 9.48 Å². The molecule has 0 bridgehead atoms. The van der Waals surface area contributed by atoms with Crippen molar-refractivity contribution < 1.29 is 9.53 Å². The Morgan fingerprint density at radius 3 is 2.88 bits per heavy atom. The number of rotatable bonds is 2. The smallest absolute Gasteiger partial charge is 0.227 e. The highest BCUT2D eigenvalue weighted by atomic mass is 16.5. The van der Waals surface area contributed by atoms with Crippen molar-refractivity contribution in [2.24, 2.45) is 7.05 Å². The molecule has 1 amide bonds. The van der Waals surface area contributed by atoms with E-state index in [0.717, 1.165) is 29.9 Å². The summed E-state index contributed by atoms with van der Waals surface area (Å²) in [5.41, 5.74) is 5.28. The summed E-state index contributed by atoms with van der Waals surface area (Å²) in [4.78, 5) is 14.8. The lowest BCUT2D eigenvalue weighted by atomic mass is 9.92. The molecule has 2 aliphatic rings. The summed E-state index contributed by atoms with van der Waals surface area (Å²) in [7, 11) is 1.92. The number of carbonyl (C=O) groups excluding carboxylic acids is 1. The van der Waals surface area contributed by atoms with Crippen LogP contribution in [0.15, 0.2) is 24.3 Å². The van der Waals surface area contributed by atoms with Gasteiger partial charge in [-0.15, -0.1) is 0 Å². The fourth-order valence-corrected chi connectivity index (χ4v) is 4.05. The average Bonchev–Trinajstić information content (AvgIpc) is 3.23. The second kappa shape index (κ2) is 5.45. The van der Waals surface area contributed by atoms with Gasteiger partial charge in [0.2, 0.25) is 5.91 Å². The predicted molar refractivity (Wildman–Crippen MR) is 90.5 cm³/mol. The molecule has 1 atom stereocenters. The minimum absolute atomic E-state index is 0.166. The maximum atomic E-state index is 12.8. The minimum Gasteiger partial charge on any atom is -0.364 e. The van der Waals surface area contributed by atoms with Gasteiger partial charge in [0.1, 0.15) is 5.60 Å². The molecule has 126 valence electrons. The Bertz CT molecular complexity index is 811. The molecule has 2 aliphatic heterocycles. The Kier molecular flexibility index (Phi) is 3.49. The van der Waals surface area contributed by atoms with Crippen molar-refractivity contribution in [1.29, 1.82) is 0 Å².